The molecule has 7 heteroatoms. The molecule has 0 unspecified atom stereocenters. The number of benzene rings is 1. The minimum Gasteiger partial charge on any atom is -0.337 e. The predicted molar refractivity (Wildman–Crippen MR) is 93.9 cm³/mol. The van der Waals surface area contributed by atoms with E-state index in [1.54, 1.807) is 36.8 Å². The van der Waals surface area contributed by atoms with Crippen LogP contribution < -0.4 is 0 Å². The van der Waals surface area contributed by atoms with Gasteiger partial charge in [0.15, 0.2) is 0 Å². The van der Waals surface area contributed by atoms with E-state index in [-0.39, 0.29) is 17.6 Å². The van der Waals surface area contributed by atoms with Crippen LogP contribution in [0.25, 0.3) is 11.3 Å². The van der Waals surface area contributed by atoms with Crippen molar-refractivity contribution >= 4 is 5.91 Å². The van der Waals surface area contributed by atoms with Crippen LogP contribution in [-0.2, 0) is 0 Å². The van der Waals surface area contributed by atoms with Crippen molar-refractivity contribution in [3.8, 4) is 11.3 Å². The third-order valence-electron chi connectivity index (χ3n) is 4.67. The lowest BCUT2D eigenvalue weighted by molar-refractivity contribution is 0.0700. The zero-order valence-electron chi connectivity index (χ0n) is 14.1. The number of aromatic nitrogens is 4. The highest BCUT2D eigenvalue weighted by molar-refractivity contribution is 5.92. The monoisotopic (exact) mass is 351 g/mol. The van der Waals surface area contributed by atoms with Crippen LogP contribution in [0.1, 0.15) is 34.9 Å². The summed E-state index contributed by atoms with van der Waals surface area (Å²) >= 11 is 0. The number of carbonyl (C=O) groups excluding carboxylic acids is 1. The second-order valence-corrected chi connectivity index (χ2v) is 6.36. The summed E-state index contributed by atoms with van der Waals surface area (Å²) in [5, 5.41) is 6.58. The molecule has 6 nitrogen and oxygen atoms in total. The van der Waals surface area contributed by atoms with Gasteiger partial charge in [-0.1, -0.05) is 0 Å². The number of rotatable bonds is 3. The van der Waals surface area contributed by atoms with E-state index in [9.17, 15) is 9.18 Å². The van der Waals surface area contributed by atoms with Gasteiger partial charge in [0, 0.05) is 43.2 Å². The van der Waals surface area contributed by atoms with Gasteiger partial charge in [-0.15, -0.1) is 0 Å². The Hall–Kier alpha value is -3.09. The van der Waals surface area contributed by atoms with Gasteiger partial charge in [-0.25, -0.2) is 4.39 Å². The molecule has 3 aromatic rings. The predicted octanol–water partition coefficient (Wildman–Crippen LogP) is 3.03. The maximum absolute atomic E-state index is 13.2. The van der Waals surface area contributed by atoms with E-state index in [0.717, 1.165) is 29.8 Å². The lowest BCUT2D eigenvalue weighted by Gasteiger charge is -2.32. The quantitative estimate of drug-likeness (QED) is 0.787. The van der Waals surface area contributed by atoms with Gasteiger partial charge < -0.3 is 4.90 Å². The van der Waals surface area contributed by atoms with Gasteiger partial charge in [0.05, 0.1) is 11.4 Å². The summed E-state index contributed by atoms with van der Waals surface area (Å²) in [5.74, 6) is -0.253. The second kappa shape index (κ2) is 7.03. The van der Waals surface area contributed by atoms with Crippen LogP contribution in [0.3, 0.4) is 0 Å². The minimum atomic E-state index is -0.284. The Morgan fingerprint density at radius 1 is 1.12 bits per heavy atom. The Bertz CT molecular complexity index is 895. The number of aromatic amines is 1. The maximum Gasteiger partial charge on any atom is 0.271 e. The molecule has 1 fully saturated rings. The molecule has 1 atom stereocenters. The molecular formula is C19H18FN5O. The van der Waals surface area contributed by atoms with Crippen LogP contribution in [0.15, 0.2) is 48.9 Å². The van der Waals surface area contributed by atoms with Crippen molar-refractivity contribution in [1.82, 2.24) is 25.1 Å². The fraction of sp³-hybridized carbons (Fsp3) is 0.263. The van der Waals surface area contributed by atoms with Crippen molar-refractivity contribution in [2.45, 2.75) is 18.8 Å². The molecule has 0 bridgehead atoms. The van der Waals surface area contributed by atoms with E-state index >= 15 is 0 Å². The van der Waals surface area contributed by atoms with Crippen LogP contribution >= 0.6 is 0 Å². The number of amides is 1. The molecule has 26 heavy (non-hydrogen) atoms. The Morgan fingerprint density at radius 2 is 1.92 bits per heavy atom. The topological polar surface area (TPSA) is 74.8 Å². The van der Waals surface area contributed by atoms with Gasteiger partial charge in [-0.2, -0.15) is 5.10 Å². The number of hydrogen-bond donors (Lipinski definition) is 1. The molecule has 0 saturated carbocycles. The van der Waals surface area contributed by atoms with Crippen LogP contribution in [0.5, 0.6) is 0 Å². The molecule has 0 aliphatic carbocycles. The Kier molecular flexibility index (Phi) is 4.43. The van der Waals surface area contributed by atoms with Crippen LogP contribution in [0, 0.1) is 5.82 Å². The number of halogens is 1. The fourth-order valence-corrected chi connectivity index (χ4v) is 3.41. The van der Waals surface area contributed by atoms with Gasteiger partial charge in [0.1, 0.15) is 11.5 Å². The first-order valence-corrected chi connectivity index (χ1v) is 8.58. The van der Waals surface area contributed by atoms with Crippen molar-refractivity contribution in [3.05, 3.63) is 66.1 Å². The van der Waals surface area contributed by atoms with Gasteiger partial charge in [0.2, 0.25) is 0 Å². The highest BCUT2D eigenvalue weighted by Crippen LogP contribution is 2.32. The smallest absolute Gasteiger partial charge is 0.271 e. The van der Waals surface area contributed by atoms with E-state index in [0.29, 0.717) is 18.8 Å². The molecule has 3 heterocycles. The van der Waals surface area contributed by atoms with Crippen molar-refractivity contribution < 1.29 is 9.18 Å². The third kappa shape index (κ3) is 3.20. The normalized spacial score (nSPS) is 17.3. The first-order valence-electron chi connectivity index (χ1n) is 8.58. The summed E-state index contributed by atoms with van der Waals surface area (Å²) in [5.41, 5.74) is 2.91. The molecule has 2 aromatic heterocycles. The largest absolute Gasteiger partial charge is 0.337 e. The SMILES string of the molecule is O=C(c1ccn[nH]1)N1CCC[C@H](c2nccnc2-c2ccc(F)cc2)C1. The number of nitrogens with one attached hydrogen (secondary N) is 1. The first-order chi connectivity index (χ1) is 12.7. The Balaban J connectivity index is 1.61. The Labute approximate surface area is 150 Å². The number of nitrogens with zero attached hydrogens (tertiary/aromatic N) is 4. The lowest BCUT2D eigenvalue weighted by Crippen LogP contribution is -2.39. The van der Waals surface area contributed by atoms with E-state index in [1.807, 2.05) is 4.90 Å². The molecule has 1 aliphatic rings. The summed E-state index contributed by atoms with van der Waals surface area (Å²) in [6, 6.07) is 7.93. The second-order valence-electron chi connectivity index (χ2n) is 6.36. The molecule has 0 radical (unpaired) electrons. The van der Waals surface area contributed by atoms with Gasteiger partial charge in [-0.05, 0) is 43.2 Å². The van der Waals surface area contributed by atoms with Gasteiger partial charge in [-0.3, -0.25) is 19.9 Å². The van der Waals surface area contributed by atoms with Gasteiger partial charge >= 0.3 is 0 Å². The van der Waals surface area contributed by atoms with E-state index in [4.69, 9.17) is 0 Å². The highest BCUT2D eigenvalue weighted by Gasteiger charge is 2.28. The van der Waals surface area contributed by atoms with Crippen molar-refractivity contribution in [3.63, 3.8) is 0 Å². The summed E-state index contributed by atoms with van der Waals surface area (Å²) in [6.07, 6.45) is 6.70. The standard InChI is InChI=1S/C19H18FN5O/c20-15-5-3-13(4-6-15)17-18(22-10-9-21-17)14-2-1-11-25(12-14)19(26)16-7-8-23-24-16/h3-10,14H,1-2,11-12H2,(H,23,24)/t14-/m0/s1. The summed E-state index contributed by atoms with van der Waals surface area (Å²) in [4.78, 5) is 23.4. The first kappa shape index (κ1) is 16.4. The van der Waals surface area contributed by atoms with E-state index < -0.39 is 0 Å². The summed E-state index contributed by atoms with van der Waals surface area (Å²) in [6.45, 7) is 1.28. The van der Waals surface area contributed by atoms with Crippen LogP contribution in [0.2, 0.25) is 0 Å². The maximum atomic E-state index is 13.2. The van der Waals surface area contributed by atoms with Crippen LogP contribution in [0.4, 0.5) is 4.39 Å². The van der Waals surface area contributed by atoms with Crippen molar-refractivity contribution in [2.75, 3.05) is 13.1 Å². The molecule has 132 valence electrons. The molecule has 1 aliphatic heterocycles. The number of piperidine rings is 1. The molecular weight excluding hydrogens is 333 g/mol. The number of carbonyl (C=O) groups is 1. The third-order valence-corrected chi connectivity index (χ3v) is 4.67. The molecule has 0 spiro atoms. The summed E-state index contributed by atoms with van der Waals surface area (Å²) < 4.78 is 13.2. The minimum absolute atomic E-state index is 0.0561. The van der Waals surface area contributed by atoms with Crippen LogP contribution in [-0.4, -0.2) is 44.1 Å². The average Bonchev–Trinajstić information content (AvgIpc) is 3.23. The Morgan fingerprint density at radius 3 is 2.69 bits per heavy atom. The number of H-pyrrole nitrogens is 1. The van der Waals surface area contributed by atoms with Crippen molar-refractivity contribution in [2.24, 2.45) is 0 Å². The number of likely N-dealkylation sites (tertiary alicyclic amines) is 1. The zero-order chi connectivity index (χ0) is 17.9. The highest BCUT2D eigenvalue weighted by atomic mass is 19.1. The summed E-state index contributed by atoms with van der Waals surface area (Å²) in [7, 11) is 0. The van der Waals surface area contributed by atoms with E-state index in [1.165, 1.54) is 12.1 Å². The number of hydrogen-bond acceptors (Lipinski definition) is 4. The molecule has 1 aromatic carbocycles. The fourth-order valence-electron chi connectivity index (χ4n) is 3.41. The molecule has 1 N–H and O–H groups in total. The van der Waals surface area contributed by atoms with E-state index in [2.05, 4.69) is 20.2 Å². The molecule has 4 rings (SSSR count). The average molecular weight is 351 g/mol. The molecule has 1 saturated heterocycles. The lowest BCUT2D eigenvalue weighted by atomic mass is 9.91. The zero-order valence-corrected chi connectivity index (χ0v) is 14.1. The van der Waals surface area contributed by atoms with Gasteiger partial charge in [0.25, 0.3) is 5.91 Å². The molecule has 1 amide bonds. The van der Waals surface area contributed by atoms with Crippen molar-refractivity contribution in [1.29, 1.82) is 0 Å².